The number of rotatable bonds is 8. The van der Waals surface area contributed by atoms with Crippen molar-refractivity contribution < 1.29 is 13.2 Å². The van der Waals surface area contributed by atoms with Crippen LogP contribution in [0.15, 0.2) is 77.9 Å². The molecule has 0 saturated heterocycles. The molecule has 1 aliphatic heterocycles. The lowest BCUT2D eigenvalue weighted by Gasteiger charge is -2.14. The predicted molar refractivity (Wildman–Crippen MR) is 156 cm³/mol. The van der Waals surface area contributed by atoms with Crippen LogP contribution in [0, 0.1) is 5.82 Å². The molecule has 2 rings (SSSR count). The summed E-state index contributed by atoms with van der Waals surface area (Å²) in [6.07, 6.45) is 12.6. The molecule has 0 amide bonds. The van der Waals surface area contributed by atoms with Crippen molar-refractivity contribution in [3.05, 3.63) is 84.3 Å². The minimum Gasteiger partial charge on any atom is -0.369 e. The van der Waals surface area contributed by atoms with E-state index < -0.39 is 12.8 Å². The molecule has 0 bridgehead atoms. The smallest absolute Gasteiger partial charge is 0.123 e. The van der Waals surface area contributed by atoms with E-state index in [2.05, 4.69) is 50.9 Å². The molecule has 0 radical (unpaired) electrons. The Balaban J connectivity index is -0.000000647. The Labute approximate surface area is 220 Å². The molecule has 206 valence electrons. The van der Waals surface area contributed by atoms with Crippen LogP contribution in [0.4, 0.5) is 13.2 Å². The molecule has 2 unspecified atom stereocenters. The summed E-state index contributed by atoms with van der Waals surface area (Å²) in [4.78, 5) is 4.73. The second kappa shape index (κ2) is 27.0. The number of aliphatic imine (C=N–C) groups is 1. The van der Waals surface area contributed by atoms with Gasteiger partial charge < -0.3 is 5.32 Å². The van der Waals surface area contributed by atoms with E-state index in [9.17, 15) is 13.2 Å². The quantitative estimate of drug-likeness (QED) is 0.347. The normalized spacial score (nSPS) is 17.1. The largest absolute Gasteiger partial charge is 0.369 e. The molecule has 1 aliphatic rings. The maximum absolute atomic E-state index is 12.9. The van der Waals surface area contributed by atoms with Crippen LogP contribution in [0.3, 0.4) is 0 Å². The molecule has 0 aliphatic carbocycles. The maximum Gasteiger partial charge on any atom is 0.123 e. The van der Waals surface area contributed by atoms with Gasteiger partial charge >= 0.3 is 0 Å². The Kier molecular flexibility index (Phi) is 28.5. The summed E-state index contributed by atoms with van der Waals surface area (Å²) < 4.78 is 36.2. The Bertz CT molecular complexity index is 748. The van der Waals surface area contributed by atoms with Gasteiger partial charge in [0.1, 0.15) is 24.5 Å². The lowest BCUT2D eigenvalue weighted by atomic mass is 10.0. The fraction of sp³-hybridized carbons (Fsp3) is 0.516. The summed E-state index contributed by atoms with van der Waals surface area (Å²) in [6, 6.07) is 6.83. The van der Waals surface area contributed by atoms with E-state index in [4.69, 9.17) is 4.99 Å². The summed E-state index contributed by atoms with van der Waals surface area (Å²) in [6.45, 7) is 20.5. The molecule has 3 atom stereocenters. The molecule has 2 nitrogen and oxygen atoms in total. The van der Waals surface area contributed by atoms with Gasteiger partial charge in [-0.25, -0.2) is 13.2 Å². The third-order valence-corrected chi connectivity index (χ3v) is 4.54. The first-order valence-electron chi connectivity index (χ1n) is 13.1. The van der Waals surface area contributed by atoms with Crippen LogP contribution in [-0.4, -0.2) is 30.8 Å². The molecule has 0 saturated carbocycles. The Hall–Kier alpha value is -2.56. The van der Waals surface area contributed by atoms with E-state index in [1.807, 2.05) is 40.7 Å². The van der Waals surface area contributed by atoms with Crippen molar-refractivity contribution in [1.29, 1.82) is 0 Å². The average molecular weight is 509 g/mol. The monoisotopic (exact) mass is 508 g/mol. The first-order valence-corrected chi connectivity index (χ1v) is 13.1. The van der Waals surface area contributed by atoms with Crippen LogP contribution in [0.1, 0.15) is 80.7 Å². The standard InChI is InChI=1S/C18H22F2N2.C5H10.C4H7F.2C2H6/c1-13(6-4-3-5-11-19)18-14(2)21-17(22-18)12-15-7-9-16(20)10-8-15;1-3-5-4-2;1-3-4(2)5;2*1-2/h3,5-10,14,18H,4,11-12H2,1-2H3,(H,21,22);3,5H,4H2,1-2H3;3-4H,1H2,2H3;2*1-2H3/b5-3-,13-6+;5-3-;;;/t14?,18-;;;;/m1..../s1. The molecule has 0 fully saturated rings. The number of benzene rings is 1. The Morgan fingerprint density at radius 1 is 1.11 bits per heavy atom. The van der Waals surface area contributed by atoms with Crippen molar-refractivity contribution in [3.8, 4) is 0 Å². The number of hydrogen-bond acceptors (Lipinski definition) is 2. The van der Waals surface area contributed by atoms with Gasteiger partial charge in [-0.05, 0) is 58.2 Å². The van der Waals surface area contributed by atoms with Crippen molar-refractivity contribution in [2.75, 3.05) is 6.67 Å². The molecule has 0 spiro atoms. The number of nitrogens with zero attached hydrogens (tertiary/aromatic N) is 1. The summed E-state index contributed by atoms with van der Waals surface area (Å²) in [5, 5.41) is 3.39. The highest BCUT2D eigenvalue weighted by atomic mass is 19.1. The third kappa shape index (κ3) is 20.8. The molecular formula is C31H51F3N2. The lowest BCUT2D eigenvalue weighted by molar-refractivity contribution is 0.431. The van der Waals surface area contributed by atoms with Crippen LogP contribution in [0.25, 0.3) is 0 Å². The molecule has 1 aromatic carbocycles. The number of nitrogens with one attached hydrogen (secondary N) is 1. The van der Waals surface area contributed by atoms with E-state index in [-0.39, 0.29) is 17.9 Å². The predicted octanol–water partition coefficient (Wildman–Crippen LogP) is 9.54. The summed E-state index contributed by atoms with van der Waals surface area (Å²) in [5.74, 6) is 0.701. The molecular weight excluding hydrogens is 457 g/mol. The molecule has 1 aromatic rings. The van der Waals surface area contributed by atoms with Crippen LogP contribution >= 0.6 is 0 Å². The second-order valence-corrected chi connectivity index (χ2v) is 7.46. The summed E-state index contributed by atoms with van der Waals surface area (Å²) in [7, 11) is 0. The maximum atomic E-state index is 12.9. The van der Waals surface area contributed by atoms with Gasteiger partial charge in [0, 0.05) is 6.42 Å². The topological polar surface area (TPSA) is 24.4 Å². The zero-order chi connectivity index (χ0) is 28.4. The second-order valence-electron chi connectivity index (χ2n) is 7.46. The van der Waals surface area contributed by atoms with Crippen LogP contribution in [0.2, 0.25) is 0 Å². The number of alkyl halides is 2. The van der Waals surface area contributed by atoms with Crippen molar-refractivity contribution in [1.82, 2.24) is 5.32 Å². The average Bonchev–Trinajstić information content (AvgIpc) is 3.26. The number of amidine groups is 1. The number of hydrogen-bond donors (Lipinski definition) is 1. The van der Waals surface area contributed by atoms with Crippen molar-refractivity contribution in [2.45, 2.75) is 99.8 Å². The fourth-order valence-electron chi connectivity index (χ4n) is 2.82. The molecule has 5 heteroatoms. The lowest BCUT2D eigenvalue weighted by Crippen LogP contribution is -2.32. The molecule has 1 N–H and O–H groups in total. The highest BCUT2D eigenvalue weighted by Crippen LogP contribution is 2.18. The van der Waals surface area contributed by atoms with Gasteiger partial charge in [-0.15, -0.1) is 6.58 Å². The molecule has 0 aromatic heterocycles. The van der Waals surface area contributed by atoms with Crippen molar-refractivity contribution in [3.63, 3.8) is 0 Å². The number of allylic oxidation sites excluding steroid dienone is 6. The Morgan fingerprint density at radius 2 is 1.67 bits per heavy atom. The fourth-order valence-corrected chi connectivity index (χ4v) is 2.82. The Morgan fingerprint density at radius 3 is 2.08 bits per heavy atom. The van der Waals surface area contributed by atoms with E-state index in [1.54, 1.807) is 12.1 Å². The van der Waals surface area contributed by atoms with E-state index in [1.165, 1.54) is 36.8 Å². The van der Waals surface area contributed by atoms with Crippen molar-refractivity contribution >= 4 is 5.84 Å². The van der Waals surface area contributed by atoms with E-state index in [0.717, 1.165) is 24.2 Å². The van der Waals surface area contributed by atoms with Gasteiger partial charge in [0.25, 0.3) is 0 Å². The van der Waals surface area contributed by atoms with Crippen LogP contribution in [0.5, 0.6) is 0 Å². The first kappa shape index (κ1) is 38.0. The van der Waals surface area contributed by atoms with Gasteiger partial charge in [0.05, 0.1) is 12.1 Å². The van der Waals surface area contributed by atoms with Gasteiger partial charge in [-0.1, -0.05) is 88.8 Å². The number of halogens is 3. The molecule has 36 heavy (non-hydrogen) atoms. The highest BCUT2D eigenvalue weighted by Gasteiger charge is 2.25. The van der Waals surface area contributed by atoms with Crippen molar-refractivity contribution in [2.24, 2.45) is 4.99 Å². The van der Waals surface area contributed by atoms with E-state index in [0.29, 0.717) is 6.42 Å². The zero-order valence-electron chi connectivity index (χ0n) is 24.1. The summed E-state index contributed by atoms with van der Waals surface area (Å²) in [5.41, 5.74) is 2.21. The molecule has 1 heterocycles. The third-order valence-electron chi connectivity index (χ3n) is 4.54. The van der Waals surface area contributed by atoms with Gasteiger partial charge in [-0.2, -0.15) is 0 Å². The minimum absolute atomic E-state index is 0.106. The minimum atomic E-state index is -0.852. The summed E-state index contributed by atoms with van der Waals surface area (Å²) >= 11 is 0. The first-order chi connectivity index (χ1) is 17.3. The highest BCUT2D eigenvalue weighted by molar-refractivity contribution is 5.86. The van der Waals surface area contributed by atoms with Gasteiger partial charge in [-0.3, -0.25) is 4.99 Å². The van der Waals surface area contributed by atoms with Crippen LogP contribution < -0.4 is 5.32 Å². The zero-order valence-corrected chi connectivity index (χ0v) is 24.1. The van der Waals surface area contributed by atoms with Crippen LogP contribution in [-0.2, 0) is 6.42 Å². The SMILES string of the molecule is C/C(=C\C/C=C\CF)[C@H]1N=C(Cc2ccc(F)cc2)NC1C.C/C=C\CC.C=CC(C)F.CC.CC. The van der Waals surface area contributed by atoms with E-state index >= 15 is 0 Å². The van der Waals surface area contributed by atoms with Gasteiger partial charge in [0.2, 0.25) is 0 Å². The van der Waals surface area contributed by atoms with Gasteiger partial charge in [0.15, 0.2) is 0 Å².